The lowest BCUT2D eigenvalue weighted by atomic mass is 10.1. The summed E-state index contributed by atoms with van der Waals surface area (Å²) in [6.07, 6.45) is 0.912. The molecule has 0 aromatic heterocycles. The molecule has 2 amide bonds. The number of amides is 2. The molecule has 198 valence electrons. The number of para-hydroxylation sites is 1. The van der Waals surface area contributed by atoms with Crippen molar-refractivity contribution >= 4 is 52.1 Å². The fourth-order valence-corrected chi connectivity index (χ4v) is 4.70. The van der Waals surface area contributed by atoms with E-state index in [0.29, 0.717) is 60.4 Å². The first-order chi connectivity index (χ1) is 18.4. The van der Waals surface area contributed by atoms with Crippen molar-refractivity contribution in [3.63, 3.8) is 0 Å². The molecule has 0 atom stereocenters. The number of carbonyl (C=O) groups excluding carboxylic acids is 2. The van der Waals surface area contributed by atoms with Crippen LogP contribution in [0, 0.1) is 6.92 Å². The van der Waals surface area contributed by atoms with Gasteiger partial charge in [-0.05, 0) is 74.1 Å². The minimum atomic E-state index is -0.323. The number of nitrogens with zero attached hydrogens (tertiary/aromatic N) is 2. The van der Waals surface area contributed by atoms with Crippen molar-refractivity contribution in [3.05, 3.63) is 88.4 Å². The third kappa shape index (κ3) is 6.82. The van der Waals surface area contributed by atoms with Crippen LogP contribution in [0.2, 0.25) is 5.02 Å². The molecule has 7 nitrogen and oxygen atoms in total. The number of rotatable bonds is 7. The number of benzene rings is 3. The van der Waals surface area contributed by atoms with Crippen molar-refractivity contribution in [3.8, 4) is 5.75 Å². The van der Waals surface area contributed by atoms with E-state index in [9.17, 15) is 9.59 Å². The van der Waals surface area contributed by atoms with E-state index in [-0.39, 0.29) is 16.9 Å². The number of ether oxygens (including phenoxy) is 1. The van der Waals surface area contributed by atoms with Crippen LogP contribution in [0.3, 0.4) is 0 Å². The van der Waals surface area contributed by atoms with Gasteiger partial charge in [-0.1, -0.05) is 42.3 Å². The summed E-state index contributed by atoms with van der Waals surface area (Å²) in [6, 6.07) is 20.1. The molecule has 0 bridgehead atoms. The number of halogens is 1. The van der Waals surface area contributed by atoms with E-state index in [4.69, 9.17) is 28.6 Å². The summed E-state index contributed by atoms with van der Waals surface area (Å²) < 4.78 is 5.57. The van der Waals surface area contributed by atoms with Crippen molar-refractivity contribution in [2.24, 2.45) is 0 Å². The second-order valence-electron chi connectivity index (χ2n) is 9.06. The number of piperazine rings is 1. The summed E-state index contributed by atoms with van der Waals surface area (Å²) in [5, 5.41) is 6.57. The third-order valence-corrected chi connectivity index (χ3v) is 6.74. The molecule has 3 aromatic carbocycles. The fraction of sp³-hybridized carbons (Fsp3) is 0.276. The normalized spacial score (nSPS) is 13.1. The second-order valence-corrected chi connectivity index (χ2v) is 9.88. The Morgan fingerprint density at radius 2 is 1.61 bits per heavy atom. The first-order valence-electron chi connectivity index (χ1n) is 12.6. The zero-order chi connectivity index (χ0) is 27.1. The van der Waals surface area contributed by atoms with Crippen LogP contribution in [-0.4, -0.2) is 54.6 Å². The Bertz CT molecular complexity index is 1290. The smallest absolute Gasteiger partial charge is 0.257 e. The highest BCUT2D eigenvalue weighted by atomic mass is 35.5. The number of anilines is 2. The number of thiocarbonyl (C=S) groups is 1. The average molecular weight is 551 g/mol. The van der Waals surface area contributed by atoms with Gasteiger partial charge in [0.25, 0.3) is 11.8 Å². The molecule has 1 saturated heterocycles. The Hall–Kier alpha value is -3.62. The van der Waals surface area contributed by atoms with E-state index in [1.807, 2.05) is 61.2 Å². The molecule has 3 aromatic rings. The predicted octanol–water partition coefficient (Wildman–Crippen LogP) is 5.53. The minimum absolute atomic E-state index is 0.0241. The number of hydrogen-bond acceptors (Lipinski definition) is 5. The SMILES string of the molecule is CCCOc1ccc(C(=O)NC(=S)Nc2cccc(Cl)c2N2CCN(C(=O)c3ccc(C)cc3)CC2)cc1. The van der Waals surface area contributed by atoms with Crippen LogP contribution < -0.4 is 20.3 Å². The maximum atomic E-state index is 12.9. The molecule has 0 aliphatic carbocycles. The number of hydrogen-bond donors (Lipinski definition) is 2. The predicted molar refractivity (Wildman–Crippen MR) is 157 cm³/mol. The highest BCUT2D eigenvalue weighted by Crippen LogP contribution is 2.34. The number of aryl methyl sites for hydroxylation is 1. The Kier molecular flexibility index (Phi) is 9.20. The summed E-state index contributed by atoms with van der Waals surface area (Å²) in [6.45, 7) is 7.02. The molecule has 9 heteroatoms. The molecule has 0 unspecified atom stereocenters. The van der Waals surface area contributed by atoms with Gasteiger partial charge in [-0.15, -0.1) is 0 Å². The minimum Gasteiger partial charge on any atom is -0.494 e. The van der Waals surface area contributed by atoms with E-state index in [1.165, 1.54) is 0 Å². The molecule has 1 aliphatic rings. The van der Waals surface area contributed by atoms with E-state index in [2.05, 4.69) is 15.5 Å². The lowest BCUT2D eigenvalue weighted by Crippen LogP contribution is -2.49. The van der Waals surface area contributed by atoms with Gasteiger partial charge in [-0.3, -0.25) is 14.9 Å². The van der Waals surface area contributed by atoms with Crippen LogP contribution in [0.1, 0.15) is 39.6 Å². The molecule has 38 heavy (non-hydrogen) atoms. The highest BCUT2D eigenvalue weighted by Gasteiger charge is 2.25. The molecule has 0 saturated carbocycles. The summed E-state index contributed by atoms with van der Waals surface area (Å²) in [5.74, 6) is 0.417. The van der Waals surface area contributed by atoms with Gasteiger partial charge in [0.1, 0.15) is 5.75 Å². The first-order valence-corrected chi connectivity index (χ1v) is 13.4. The van der Waals surface area contributed by atoms with Gasteiger partial charge in [0.05, 0.1) is 23.0 Å². The van der Waals surface area contributed by atoms with Gasteiger partial charge in [-0.2, -0.15) is 0 Å². The Labute approximate surface area is 233 Å². The van der Waals surface area contributed by atoms with Crippen LogP contribution in [0.4, 0.5) is 11.4 Å². The third-order valence-electron chi connectivity index (χ3n) is 6.23. The zero-order valence-corrected chi connectivity index (χ0v) is 23.1. The molecule has 2 N–H and O–H groups in total. The van der Waals surface area contributed by atoms with Crippen LogP contribution in [0.5, 0.6) is 5.75 Å². The van der Waals surface area contributed by atoms with Gasteiger partial charge in [0, 0.05) is 37.3 Å². The van der Waals surface area contributed by atoms with Crippen LogP contribution in [-0.2, 0) is 0 Å². The van der Waals surface area contributed by atoms with Gasteiger partial charge < -0.3 is 19.9 Å². The standard InChI is InChI=1S/C29H31ClN4O3S/c1-3-19-37-23-13-11-21(12-14-23)27(35)32-29(38)31-25-6-4-5-24(30)26(25)33-15-17-34(18-16-33)28(36)22-9-7-20(2)8-10-22/h4-14H,3,15-19H2,1-2H3,(H2,31,32,35,38). The number of nitrogens with one attached hydrogen (secondary N) is 2. The van der Waals surface area contributed by atoms with Crippen LogP contribution >= 0.6 is 23.8 Å². The van der Waals surface area contributed by atoms with Gasteiger partial charge in [-0.25, -0.2) is 0 Å². The lowest BCUT2D eigenvalue weighted by Gasteiger charge is -2.37. The fourth-order valence-electron chi connectivity index (χ4n) is 4.20. The zero-order valence-electron chi connectivity index (χ0n) is 21.5. The van der Waals surface area contributed by atoms with Crippen molar-refractivity contribution in [1.82, 2.24) is 10.2 Å². The topological polar surface area (TPSA) is 73.9 Å². The average Bonchev–Trinajstić information content (AvgIpc) is 2.92. The Morgan fingerprint density at radius 3 is 2.26 bits per heavy atom. The van der Waals surface area contributed by atoms with E-state index in [1.54, 1.807) is 24.3 Å². The first kappa shape index (κ1) is 27.4. The highest BCUT2D eigenvalue weighted by molar-refractivity contribution is 7.80. The Balaban J connectivity index is 1.38. The monoisotopic (exact) mass is 550 g/mol. The largest absolute Gasteiger partial charge is 0.494 e. The lowest BCUT2D eigenvalue weighted by molar-refractivity contribution is 0.0746. The molecule has 1 fully saturated rings. The molecule has 1 heterocycles. The van der Waals surface area contributed by atoms with E-state index < -0.39 is 0 Å². The van der Waals surface area contributed by atoms with Gasteiger partial charge >= 0.3 is 0 Å². The maximum absolute atomic E-state index is 12.9. The van der Waals surface area contributed by atoms with Crippen LogP contribution in [0.25, 0.3) is 0 Å². The Morgan fingerprint density at radius 1 is 0.947 bits per heavy atom. The molecular weight excluding hydrogens is 520 g/mol. The summed E-state index contributed by atoms with van der Waals surface area (Å²) in [5.41, 5.74) is 3.75. The molecule has 0 radical (unpaired) electrons. The van der Waals surface area contributed by atoms with Crippen molar-refractivity contribution in [2.75, 3.05) is 43.0 Å². The van der Waals surface area contributed by atoms with Gasteiger partial charge in [0.2, 0.25) is 0 Å². The van der Waals surface area contributed by atoms with Crippen LogP contribution in [0.15, 0.2) is 66.7 Å². The van der Waals surface area contributed by atoms with Crippen molar-refractivity contribution in [2.45, 2.75) is 20.3 Å². The second kappa shape index (κ2) is 12.8. The quantitative estimate of drug-likeness (QED) is 0.377. The summed E-state index contributed by atoms with van der Waals surface area (Å²) >= 11 is 12.0. The molecule has 0 spiro atoms. The van der Waals surface area contributed by atoms with Crippen molar-refractivity contribution < 1.29 is 14.3 Å². The summed E-state index contributed by atoms with van der Waals surface area (Å²) in [4.78, 5) is 29.6. The summed E-state index contributed by atoms with van der Waals surface area (Å²) in [7, 11) is 0. The number of carbonyl (C=O) groups is 2. The molecule has 4 rings (SSSR count). The maximum Gasteiger partial charge on any atom is 0.257 e. The van der Waals surface area contributed by atoms with E-state index in [0.717, 1.165) is 17.7 Å². The van der Waals surface area contributed by atoms with E-state index >= 15 is 0 Å². The van der Waals surface area contributed by atoms with Gasteiger partial charge in [0.15, 0.2) is 5.11 Å². The molecule has 1 aliphatic heterocycles. The molecular formula is C29H31ClN4O3S. The van der Waals surface area contributed by atoms with Crippen molar-refractivity contribution in [1.29, 1.82) is 0 Å².